The lowest BCUT2D eigenvalue weighted by Gasteiger charge is -2.13. The number of nitriles is 1. The summed E-state index contributed by atoms with van der Waals surface area (Å²) in [5, 5.41) is 11.4. The lowest BCUT2D eigenvalue weighted by atomic mass is 10.2. The number of halogens is 2. The average Bonchev–Trinajstić information content (AvgIpc) is 2.87. The Labute approximate surface area is 153 Å². The molecule has 1 aromatic carbocycles. The number of amides is 1. The molecule has 2 rings (SSSR count). The zero-order valence-electron chi connectivity index (χ0n) is 11.8. The third-order valence-electron chi connectivity index (χ3n) is 2.76. The van der Waals surface area contributed by atoms with Crippen molar-refractivity contribution in [3.8, 4) is 6.07 Å². The lowest BCUT2D eigenvalue weighted by molar-refractivity contribution is -0.123. The van der Waals surface area contributed by atoms with Crippen LogP contribution in [0, 0.1) is 11.3 Å². The smallest absolute Gasteiger partial charge is 0.349 e. The van der Waals surface area contributed by atoms with Gasteiger partial charge in [-0.3, -0.25) is 4.79 Å². The van der Waals surface area contributed by atoms with Crippen LogP contribution in [-0.4, -0.2) is 18.0 Å². The molecule has 0 aliphatic rings. The van der Waals surface area contributed by atoms with Gasteiger partial charge in [0.1, 0.15) is 4.88 Å². The number of ether oxygens (including phenoxy) is 1. The van der Waals surface area contributed by atoms with Gasteiger partial charge < -0.3 is 10.1 Å². The summed E-state index contributed by atoms with van der Waals surface area (Å²) in [4.78, 5) is 24.5. The predicted octanol–water partition coefficient (Wildman–Crippen LogP) is 4.33. The van der Waals surface area contributed by atoms with Gasteiger partial charge in [0, 0.05) is 10.2 Å². The number of esters is 1. The van der Waals surface area contributed by atoms with E-state index in [1.54, 1.807) is 30.3 Å². The van der Waals surface area contributed by atoms with Crippen LogP contribution in [0.4, 0.5) is 5.69 Å². The number of benzene rings is 1. The zero-order chi connectivity index (χ0) is 17.0. The minimum Gasteiger partial charge on any atom is -0.448 e. The summed E-state index contributed by atoms with van der Waals surface area (Å²) in [7, 11) is 0. The number of hydrogen-bond acceptors (Lipinski definition) is 5. The van der Waals surface area contributed by atoms with E-state index < -0.39 is 18.0 Å². The van der Waals surface area contributed by atoms with Gasteiger partial charge in [-0.1, -0.05) is 6.07 Å². The number of carbonyl (C=O) groups excluding carboxylic acids is 2. The van der Waals surface area contributed by atoms with Crippen molar-refractivity contribution >= 4 is 60.8 Å². The summed E-state index contributed by atoms with van der Waals surface area (Å²) >= 11 is 7.80. The van der Waals surface area contributed by atoms with Gasteiger partial charge in [-0.05, 0) is 63.0 Å². The standard InChI is InChI=1S/C15H10Br2N2O3S/c1-8(22-15(21)12-6-11(16)13(17)23-12)14(20)19-10-4-2-3-9(5-10)7-18/h2-6,8H,1H3,(H,19,20). The number of nitrogens with one attached hydrogen (secondary N) is 1. The summed E-state index contributed by atoms with van der Waals surface area (Å²) in [6.45, 7) is 1.49. The Balaban J connectivity index is 1.99. The van der Waals surface area contributed by atoms with Gasteiger partial charge in [-0.2, -0.15) is 5.26 Å². The summed E-state index contributed by atoms with van der Waals surface area (Å²) in [5.41, 5.74) is 0.902. The highest BCUT2D eigenvalue weighted by Gasteiger charge is 2.21. The Morgan fingerprint density at radius 1 is 1.35 bits per heavy atom. The van der Waals surface area contributed by atoms with Crippen LogP contribution in [0.2, 0.25) is 0 Å². The maximum absolute atomic E-state index is 12.1. The molecule has 8 heteroatoms. The third kappa shape index (κ3) is 4.64. The zero-order valence-corrected chi connectivity index (χ0v) is 15.8. The largest absolute Gasteiger partial charge is 0.448 e. The fourth-order valence-electron chi connectivity index (χ4n) is 1.63. The van der Waals surface area contributed by atoms with E-state index >= 15 is 0 Å². The van der Waals surface area contributed by atoms with Gasteiger partial charge in [0.2, 0.25) is 0 Å². The summed E-state index contributed by atoms with van der Waals surface area (Å²) in [6, 6.07) is 10.1. The van der Waals surface area contributed by atoms with Crippen LogP contribution < -0.4 is 5.32 Å². The second-order valence-electron chi connectivity index (χ2n) is 4.46. The van der Waals surface area contributed by atoms with E-state index in [0.29, 0.717) is 16.1 Å². The van der Waals surface area contributed by atoms with Crippen molar-refractivity contribution in [3.63, 3.8) is 0 Å². The molecule has 23 heavy (non-hydrogen) atoms. The van der Waals surface area contributed by atoms with E-state index in [2.05, 4.69) is 37.2 Å². The first kappa shape index (κ1) is 17.7. The van der Waals surface area contributed by atoms with Crippen LogP contribution in [0.3, 0.4) is 0 Å². The highest BCUT2D eigenvalue weighted by atomic mass is 79.9. The molecule has 1 amide bonds. The number of carbonyl (C=O) groups is 2. The number of hydrogen-bond donors (Lipinski definition) is 1. The lowest BCUT2D eigenvalue weighted by Crippen LogP contribution is -2.29. The molecule has 0 aliphatic carbocycles. The van der Waals surface area contributed by atoms with Crippen molar-refractivity contribution in [1.82, 2.24) is 0 Å². The van der Waals surface area contributed by atoms with Crippen molar-refractivity contribution in [2.24, 2.45) is 0 Å². The monoisotopic (exact) mass is 456 g/mol. The molecule has 1 heterocycles. The number of rotatable bonds is 4. The summed E-state index contributed by atoms with van der Waals surface area (Å²) < 4.78 is 6.67. The molecule has 118 valence electrons. The van der Waals surface area contributed by atoms with Crippen LogP contribution >= 0.6 is 43.2 Å². The van der Waals surface area contributed by atoms with E-state index in [9.17, 15) is 9.59 Å². The SMILES string of the molecule is CC(OC(=O)c1cc(Br)c(Br)s1)C(=O)Nc1cccc(C#N)c1. The Kier molecular flexibility index (Phi) is 5.93. The molecule has 0 spiro atoms. The van der Waals surface area contributed by atoms with Crippen LogP contribution in [0.1, 0.15) is 22.2 Å². The van der Waals surface area contributed by atoms with Gasteiger partial charge >= 0.3 is 5.97 Å². The molecule has 0 saturated heterocycles. The maximum atomic E-state index is 12.1. The van der Waals surface area contributed by atoms with E-state index in [4.69, 9.17) is 10.00 Å². The second-order valence-corrected chi connectivity index (χ2v) is 7.69. The van der Waals surface area contributed by atoms with Crippen LogP contribution in [0.25, 0.3) is 0 Å². The Morgan fingerprint density at radius 2 is 2.09 bits per heavy atom. The molecule has 0 bridgehead atoms. The van der Waals surface area contributed by atoms with Crippen molar-refractivity contribution in [1.29, 1.82) is 5.26 Å². The fourth-order valence-corrected chi connectivity index (χ4v) is 3.55. The van der Waals surface area contributed by atoms with Gasteiger partial charge in [0.05, 0.1) is 15.4 Å². The molecule has 1 unspecified atom stereocenters. The van der Waals surface area contributed by atoms with Crippen LogP contribution in [0.5, 0.6) is 0 Å². The normalized spacial score (nSPS) is 11.4. The van der Waals surface area contributed by atoms with Crippen LogP contribution in [-0.2, 0) is 9.53 Å². The summed E-state index contributed by atoms with van der Waals surface area (Å²) in [6.07, 6.45) is -0.965. The molecule has 0 fully saturated rings. The molecule has 0 aliphatic heterocycles. The van der Waals surface area contributed by atoms with Gasteiger partial charge in [-0.15, -0.1) is 11.3 Å². The molecule has 2 aromatic rings. The highest BCUT2D eigenvalue weighted by Crippen LogP contribution is 2.32. The molecule has 1 N–H and O–H groups in total. The number of thiophene rings is 1. The van der Waals surface area contributed by atoms with Gasteiger partial charge in [0.15, 0.2) is 6.10 Å². The van der Waals surface area contributed by atoms with Crippen molar-refractivity contribution in [3.05, 3.63) is 49.0 Å². The molecule has 5 nitrogen and oxygen atoms in total. The summed E-state index contributed by atoms with van der Waals surface area (Å²) in [5.74, 6) is -1.04. The molecule has 0 saturated carbocycles. The minimum atomic E-state index is -0.965. The third-order valence-corrected chi connectivity index (χ3v) is 5.99. The molecular weight excluding hydrogens is 448 g/mol. The Hall–Kier alpha value is -1.69. The van der Waals surface area contributed by atoms with E-state index in [0.717, 1.165) is 8.26 Å². The average molecular weight is 458 g/mol. The first-order chi connectivity index (χ1) is 10.9. The number of anilines is 1. The van der Waals surface area contributed by atoms with Gasteiger partial charge in [-0.25, -0.2) is 4.79 Å². The first-order valence-corrected chi connectivity index (χ1v) is 8.78. The Morgan fingerprint density at radius 3 is 2.70 bits per heavy atom. The van der Waals surface area contributed by atoms with Crippen LogP contribution in [0.15, 0.2) is 38.6 Å². The molecule has 0 radical (unpaired) electrons. The molecular formula is C15H10Br2N2O3S. The van der Waals surface area contributed by atoms with E-state index in [1.165, 1.54) is 18.3 Å². The van der Waals surface area contributed by atoms with E-state index in [1.807, 2.05) is 6.07 Å². The highest BCUT2D eigenvalue weighted by molar-refractivity contribution is 9.13. The minimum absolute atomic E-state index is 0.384. The number of nitrogens with zero attached hydrogens (tertiary/aromatic N) is 1. The second kappa shape index (κ2) is 7.73. The predicted molar refractivity (Wildman–Crippen MR) is 94.4 cm³/mol. The maximum Gasteiger partial charge on any atom is 0.349 e. The molecule has 1 atom stereocenters. The van der Waals surface area contributed by atoms with Crippen molar-refractivity contribution < 1.29 is 14.3 Å². The quantitative estimate of drug-likeness (QED) is 0.693. The first-order valence-electron chi connectivity index (χ1n) is 6.37. The van der Waals surface area contributed by atoms with Crippen molar-refractivity contribution in [2.75, 3.05) is 5.32 Å². The van der Waals surface area contributed by atoms with Crippen molar-refractivity contribution in [2.45, 2.75) is 13.0 Å². The molecule has 1 aromatic heterocycles. The fraction of sp³-hybridized carbons (Fsp3) is 0.133. The van der Waals surface area contributed by atoms with E-state index in [-0.39, 0.29) is 0 Å². The Bertz CT molecular complexity index is 779. The van der Waals surface area contributed by atoms with Gasteiger partial charge in [0.25, 0.3) is 5.91 Å². The topological polar surface area (TPSA) is 79.2 Å².